The molecule has 0 aliphatic heterocycles. The molecule has 0 bridgehead atoms. The number of nitrogens with zero attached hydrogens (tertiary/aromatic N) is 1. The van der Waals surface area contributed by atoms with Crippen LogP contribution in [0.4, 0.5) is 0 Å². The Labute approximate surface area is 209 Å². The number of hydrazone groups is 1. The van der Waals surface area contributed by atoms with Gasteiger partial charge in [-0.05, 0) is 67.1 Å². The van der Waals surface area contributed by atoms with E-state index >= 15 is 0 Å². The molecule has 0 unspecified atom stereocenters. The molecule has 1 N–H and O–H groups in total. The van der Waals surface area contributed by atoms with E-state index in [4.69, 9.17) is 14.2 Å². The average Bonchev–Trinajstić information content (AvgIpc) is 2.90. The van der Waals surface area contributed by atoms with Crippen LogP contribution < -0.4 is 19.6 Å². The second kappa shape index (κ2) is 11.7. The zero-order valence-electron chi connectivity index (χ0n) is 20.1. The number of carbonyl (C=O) groups is 2. The maximum Gasteiger partial charge on any atom is 0.343 e. The summed E-state index contributed by atoms with van der Waals surface area (Å²) >= 11 is 0. The molecule has 0 heterocycles. The molecule has 0 aliphatic carbocycles. The fourth-order valence-electron chi connectivity index (χ4n) is 3.66. The highest BCUT2D eigenvalue weighted by Crippen LogP contribution is 2.28. The van der Waals surface area contributed by atoms with Crippen molar-refractivity contribution in [1.82, 2.24) is 5.43 Å². The van der Waals surface area contributed by atoms with Crippen LogP contribution in [-0.4, -0.2) is 31.3 Å². The lowest BCUT2D eigenvalue weighted by atomic mass is 10.0. The van der Waals surface area contributed by atoms with Crippen LogP contribution in [0.2, 0.25) is 0 Å². The Hall–Kier alpha value is -4.65. The third kappa shape index (κ3) is 5.70. The molecule has 182 valence electrons. The summed E-state index contributed by atoms with van der Waals surface area (Å²) in [7, 11) is 0. The maximum atomic E-state index is 12.8. The third-order valence-corrected chi connectivity index (χ3v) is 5.33. The standard InChI is InChI=1S/C29H26N2O5/c1-3-34-22-16-13-21(14-17-22)29(33)36-27-18-15-20-9-5-6-10-23(20)25(27)19-30-31-28(32)24-11-7-8-12-26(24)35-4-2/h5-19H,3-4H2,1-2H3,(H,31,32). The summed E-state index contributed by atoms with van der Waals surface area (Å²) < 4.78 is 16.7. The zero-order chi connectivity index (χ0) is 25.3. The van der Waals surface area contributed by atoms with Crippen LogP contribution in [0, 0.1) is 0 Å². The Balaban J connectivity index is 1.59. The topological polar surface area (TPSA) is 86.2 Å². The van der Waals surface area contributed by atoms with Crippen LogP contribution in [0.3, 0.4) is 0 Å². The summed E-state index contributed by atoms with van der Waals surface area (Å²) in [5.41, 5.74) is 3.85. The number of fused-ring (bicyclic) bond motifs is 1. The van der Waals surface area contributed by atoms with Gasteiger partial charge in [0.2, 0.25) is 0 Å². The molecule has 0 aliphatic rings. The van der Waals surface area contributed by atoms with Gasteiger partial charge in [0.05, 0.1) is 30.6 Å². The summed E-state index contributed by atoms with van der Waals surface area (Å²) in [6, 6.07) is 24.9. The van der Waals surface area contributed by atoms with Crippen LogP contribution in [0.5, 0.6) is 17.2 Å². The summed E-state index contributed by atoms with van der Waals surface area (Å²) in [4.78, 5) is 25.6. The molecule has 0 spiro atoms. The fraction of sp³-hybridized carbons (Fsp3) is 0.138. The Morgan fingerprint density at radius 3 is 2.31 bits per heavy atom. The highest BCUT2D eigenvalue weighted by atomic mass is 16.5. The molecule has 0 fully saturated rings. The first-order valence-electron chi connectivity index (χ1n) is 11.6. The first-order valence-corrected chi connectivity index (χ1v) is 11.6. The molecule has 7 nitrogen and oxygen atoms in total. The van der Waals surface area contributed by atoms with Gasteiger partial charge >= 0.3 is 5.97 Å². The van der Waals surface area contributed by atoms with E-state index in [-0.39, 0.29) is 0 Å². The van der Waals surface area contributed by atoms with E-state index in [1.165, 1.54) is 6.21 Å². The van der Waals surface area contributed by atoms with Gasteiger partial charge < -0.3 is 14.2 Å². The van der Waals surface area contributed by atoms with E-state index < -0.39 is 11.9 Å². The zero-order valence-corrected chi connectivity index (χ0v) is 20.1. The number of hydrogen-bond acceptors (Lipinski definition) is 6. The Morgan fingerprint density at radius 1 is 0.806 bits per heavy atom. The number of para-hydroxylation sites is 1. The number of carbonyl (C=O) groups excluding carboxylic acids is 2. The van der Waals surface area contributed by atoms with Gasteiger partial charge in [-0.25, -0.2) is 10.2 Å². The highest BCUT2D eigenvalue weighted by Gasteiger charge is 2.15. The van der Waals surface area contributed by atoms with Crippen molar-refractivity contribution in [3.63, 3.8) is 0 Å². The van der Waals surface area contributed by atoms with E-state index in [1.54, 1.807) is 54.6 Å². The SMILES string of the molecule is CCOc1ccc(C(=O)Oc2ccc3ccccc3c2C=NNC(=O)c2ccccc2OCC)cc1. The van der Waals surface area contributed by atoms with Crippen LogP contribution in [-0.2, 0) is 0 Å². The number of hydrogen-bond donors (Lipinski definition) is 1. The van der Waals surface area contributed by atoms with E-state index in [2.05, 4.69) is 10.5 Å². The second-order valence-corrected chi connectivity index (χ2v) is 7.67. The van der Waals surface area contributed by atoms with E-state index in [1.807, 2.05) is 44.2 Å². The van der Waals surface area contributed by atoms with Gasteiger partial charge in [-0.3, -0.25) is 4.79 Å². The molecule has 0 radical (unpaired) electrons. The largest absolute Gasteiger partial charge is 0.494 e. The molecule has 36 heavy (non-hydrogen) atoms. The molecule has 0 saturated heterocycles. The highest BCUT2D eigenvalue weighted by molar-refractivity contribution is 6.04. The summed E-state index contributed by atoms with van der Waals surface area (Å²) in [5, 5.41) is 5.91. The number of esters is 1. The Kier molecular flexibility index (Phi) is 7.93. The van der Waals surface area contributed by atoms with Crippen molar-refractivity contribution < 1.29 is 23.8 Å². The molecule has 0 atom stereocenters. The van der Waals surface area contributed by atoms with Crippen molar-refractivity contribution in [2.45, 2.75) is 13.8 Å². The molecule has 4 rings (SSSR count). The minimum atomic E-state index is -0.516. The van der Waals surface area contributed by atoms with Crippen LogP contribution in [0.25, 0.3) is 10.8 Å². The quantitative estimate of drug-likeness (QED) is 0.145. The first-order chi connectivity index (χ1) is 17.6. The average molecular weight is 483 g/mol. The Morgan fingerprint density at radius 2 is 1.53 bits per heavy atom. The van der Waals surface area contributed by atoms with Gasteiger partial charge in [0.25, 0.3) is 5.91 Å². The molecule has 7 heteroatoms. The van der Waals surface area contributed by atoms with Crippen molar-refractivity contribution in [3.8, 4) is 17.2 Å². The molecule has 4 aromatic rings. The lowest BCUT2D eigenvalue weighted by Gasteiger charge is -2.11. The number of ether oxygens (including phenoxy) is 3. The second-order valence-electron chi connectivity index (χ2n) is 7.67. The predicted molar refractivity (Wildman–Crippen MR) is 139 cm³/mol. The predicted octanol–water partition coefficient (Wildman–Crippen LogP) is 5.62. The molecule has 1 amide bonds. The summed E-state index contributed by atoms with van der Waals surface area (Å²) in [6.07, 6.45) is 1.48. The van der Waals surface area contributed by atoms with Gasteiger partial charge in [-0.1, -0.05) is 42.5 Å². The lowest BCUT2D eigenvalue weighted by molar-refractivity contribution is 0.0734. The molecule has 4 aromatic carbocycles. The number of nitrogens with one attached hydrogen (secondary N) is 1. The minimum Gasteiger partial charge on any atom is -0.494 e. The number of rotatable bonds is 9. The molecule has 0 aromatic heterocycles. The van der Waals surface area contributed by atoms with E-state index in [0.717, 1.165) is 10.8 Å². The van der Waals surface area contributed by atoms with Crippen molar-refractivity contribution in [3.05, 3.63) is 102 Å². The monoisotopic (exact) mass is 482 g/mol. The molecular weight excluding hydrogens is 456 g/mol. The van der Waals surface area contributed by atoms with Crippen molar-refractivity contribution in [2.75, 3.05) is 13.2 Å². The van der Waals surface area contributed by atoms with Crippen molar-refractivity contribution in [2.24, 2.45) is 5.10 Å². The minimum absolute atomic E-state index is 0.320. The van der Waals surface area contributed by atoms with Crippen LogP contribution >= 0.6 is 0 Å². The van der Waals surface area contributed by atoms with Gasteiger partial charge in [0, 0.05) is 5.56 Å². The van der Waals surface area contributed by atoms with Gasteiger partial charge in [0.1, 0.15) is 17.2 Å². The fourth-order valence-corrected chi connectivity index (χ4v) is 3.66. The summed E-state index contributed by atoms with van der Waals surface area (Å²) in [5.74, 6) is 0.540. The smallest absolute Gasteiger partial charge is 0.343 e. The lowest BCUT2D eigenvalue weighted by Crippen LogP contribution is -2.19. The number of benzene rings is 4. The van der Waals surface area contributed by atoms with Gasteiger partial charge in [0.15, 0.2) is 0 Å². The van der Waals surface area contributed by atoms with Crippen molar-refractivity contribution >= 4 is 28.9 Å². The van der Waals surface area contributed by atoms with Gasteiger partial charge in [-0.2, -0.15) is 5.10 Å². The maximum absolute atomic E-state index is 12.8. The molecule has 0 saturated carbocycles. The van der Waals surface area contributed by atoms with Gasteiger partial charge in [-0.15, -0.1) is 0 Å². The van der Waals surface area contributed by atoms with Crippen LogP contribution in [0.1, 0.15) is 40.1 Å². The van der Waals surface area contributed by atoms with Crippen molar-refractivity contribution in [1.29, 1.82) is 0 Å². The molecular formula is C29H26N2O5. The van der Waals surface area contributed by atoms with Crippen LogP contribution in [0.15, 0.2) is 90.0 Å². The first kappa shape index (κ1) is 24.5. The van der Waals surface area contributed by atoms with E-state index in [0.29, 0.717) is 47.2 Å². The normalized spacial score (nSPS) is 10.8. The number of amides is 1. The summed E-state index contributed by atoms with van der Waals surface area (Å²) in [6.45, 7) is 4.72. The van der Waals surface area contributed by atoms with E-state index in [9.17, 15) is 9.59 Å². The Bertz CT molecular complexity index is 1400. The third-order valence-electron chi connectivity index (χ3n) is 5.33.